The number of benzene rings is 3. The molecule has 4 nitrogen and oxygen atoms in total. The Morgan fingerprint density at radius 3 is 1.79 bits per heavy atom. The van der Waals surface area contributed by atoms with Gasteiger partial charge in [0.05, 0.1) is 0 Å². The summed E-state index contributed by atoms with van der Waals surface area (Å²) in [6.45, 7) is 4.00. The molecule has 1 atom stereocenters. The molecule has 3 aromatic carbocycles. The van der Waals surface area contributed by atoms with Gasteiger partial charge in [-0.25, -0.2) is 0 Å². The van der Waals surface area contributed by atoms with Crippen LogP contribution >= 0.6 is 0 Å². The molecule has 28 heavy (non-hydrogen) atoms. The molecule has 0 saturated carbocycles. The molecule has 0 heterocycles. The van der Waals surface area contributed by atoms with Gasteiger partial charge in [0.1, 0.15) is 17.5 Å². The quantitative estimate of drug-likeness (QED) is 0.604. The maximum Gasteiger partial charge on any atom is 0.320 e. The summed E-state index contributed by atoms with van der Waals surface area (Å²) < 4.78 is 5.84. The van der Waals surface area contributed by atoms with Gasteiger partial charge in [0, 0.05) is 0 Å². The van der Waals surface area contributed by atoms with Crippen LogP contribution in [0.2, 0.25) is 0 Å². The first-order valence-electron chi connectivity index (χ1n) is 9.48. The standard InChI is InChI=1S/C22H21NO3.C2H6/c23-21(22(24)25)15-18-8-12-20(13-9-18)26-19-10-6-17(7-11-19)14-16-4-2-1-3-5-16;1-2/h1-13,21H,14-15,23H2,(H,24,25);1-2H3. The SMILES string of the molecule is CC.NC(Cc1ccc(Oc2ccc(Cc3ccccc3)cc2)cc1)C(=O)O. The van der Waals surface area contributed by atoms with Gasteiger partial charge in [-0.2, -0.15) is 0 Å². The molecule has 146 valence electrons. The van der Waals surface area contributed by atoms with Gasteiger partial charge in [-0.15, -0.1) is 0 Å². The number of carbonyl (C=O) groups is 1. The van der Waals surface area contributed by atoms with Crippen molar-refractivity contribution in [3.63, 3.8) is 0 Å². The Bertz CT molecular complexity index is 843. The smallest absolute Gasteiger partial charge is 0.320 e. The van der Waals surface area contributed by atoms with Crippen molar-refractivity contribution in [1.82, 2.24) is 0 Å². The fourth-order valence-electron chi connectivity index (χ4n) is 2.68. The molecule has 0 fully saturated rings. The van der Waals surface area contributed by atoms with Crippen LogP contribution in [-0.4, -0.2) is 17.1 Å². The molecule has 3 rings (SSSR count). The molecule has 1 unspecified atom stereocenters. The third-order valence-electron chi connectivity index (χ3n) is 4.11. The highest BCUT2D eigenvalue weighted by atomic mass is 16.5. The molecule has 3 N–H and O–H groups in total. The Kier molecular flexibility index (Phi) is 8.25. The van der Waals surface area contributed by atoms with E-state index in [9.17, 15) is 4.79 Å². The third-order valence-corrected chi connectivity index (χ3v) is 4.11. The van der Waals surface area contributed by atoms with Gasteiger partial charge >= 0.3 is 5.97 Å². The van der Waals surface area contributed by atoms with Crippen molar-refractivity contribution in [1.29, 1.82) is 0 Å². The maximum atomic E-state index is 10.8. The zero-order valence-electron chi connectivity index (χ0n) is 16.3. The largest absolute Gasteiger partial charge is 0.480 e. The van der Waals surface area contributed by atoms with Crippen LogP contribution in [0.1, 0.15) is 30.5 Å². The van der Waals surface area contributed by atoms with Gasteiger partial charge in [0.15, 0.2) is 0 Å². The van der Waals surface area contributed by atoms with Crippen molar-refractivity contribution >= 4 is 5.97 Å². The lowest BCUT2D eigenvalue weighted by Gasteiger charge is -2.09. The van der Waals surface area contributed by atoms with Crippen LogP contribution in [0.4, 0.5) is 0 Å². The van der Waals surface area contributed by atoms with Gasteiger partial charge in [0.2, 0.25) is 0 Å². The van der Waals surface area contributed by atoms with Gasteiger partial charge in [-0.05, 0) is 53.8 Å². The number of rotatable bonds is 7. The Balaban J connectivity index is 0.00000136. The van der Waals surface area contributed by atoms with Crippen LogP contribution in [0.3, 0.4) is 0 Å². The minimum Gasteiger partial charge on any atom is -0.480 e. The molecule has 0 spiro atoms. The minimum atomic E-state index is -0.999. The summed E-state index contributed by atoms with van der Waals surface area (Å²) in [5, 5.41) is 8.86. The van der Waals surface area contributed by atoms with Crippen LogP contribution in [0.25, 0.3) is 0 Å². The fraction of sp³-hybridized carbons (Fsp3) is 0.208. The van der Waals surface area contributed by atoms with Crippen molar-refractivity contribution < 1.29 is 14.6 Å². The van der Waals surface area contributed by atoms with E-state index in [0.29, 0.717) is 12.2 Å². The summed E-state index contributed by atoms with van der Waals surface area (Å²) in [4.78, 5) is 10.8. The normalized spacial score (nSPS) is 11.1. The second-order valence-electron chi connectivity index (χ2n) is 6.20. The summed E-state index contributed by atoms with van der Waals surface area (Å²) in [7, 11) is 0. The number of carboxylic acids is 1. The van der Waals surface area contributed by atoms with E-state index in [1.165, 1.54) is 11.1 Å². The van der Waals surface area contributed by atoms with Crippen LogP contribution in [0.5, 0.6) is 11.5 Å². The van der Waals surface area contributed by atoms with E-state index >= 15 is 0 Å². The molecule has 0 radical (unpaired) electrons. The molecule has 0 aliphatic heterocycles. The van der Waals surface area contributed by atoms with E-state index in [0.717, 1.165) is 17.7 Å². The predicted octanol–water partition coefficient (Wildman–Crippen LogP) is 5.05. The van der Waals surface area contributed by atoms with Gasteiger partial charge in [-0.1, -0.05) is 68.4 Å². The number of carboxylic acid groups (broad SMARTS) is 1. The van der Waals surface area contributed by atoms with Gasteiger partial charge < -0.3 is 15.6 Å². The zero-order valence-corrected chi connectivity index (χ0v) is 16.3. The molecular formula is C24H27NO3. The van der Waals surface area contributed by atoms with E-state index in [-0.39, 0.29) is 0 Å². The number of nitrogens with two attached hydrogens (primary N) is 1. The van der Waals surface area contributed by atoms with Crippen LogP contribution < -0.4 is 10.5 Å². The number of aliphatic carboxylic acids is 1. The molecule has 0 saturated heterocycles. The first-order valence-corrected chi connectivity index (χ1v) is 9.48. The van der Waals surface area contributed by atoms with Crippen molar-refractivity contribution in [2.75, 3.05) is 0 Å². The second kappa shape index (κ2) is 10.9. The molecule has 0 aliphatic rings. The number of ether oxygens (including phenoxy) is 1. The lowest BCUT2D eigenvalue weighted by Crippen LogP contribution is -2.32. The highest BCUT2D eigenvalue weighted by molar-refractivity contribution is 5.73. The average molecular weight is 377 g/mol. The Labute approximate surface area is 166 Å². The highest BCUT2D eigenvalue weighted by Gasteiger charge is 2.11. The van der Waals surface area contributed by atoms with E-state index < -0.39 is 12.0 Å². The first-order chi connectivity index (χ1) is 13.6. The van der Waals surface area contributed by atoms with Crippen molar-refractivity contribution in [2.24, 2.45) is 5.73 Å². The third kappa shape index (κ3) is 6.56. The monoisotopic (exact) mass is 377 g/mol. The maximum absolute atomic E-state index is 10.8. The second-order valence-corrected chi connectivity index (χ2v) is 6.20. The topological polar surface area (TPSA) is 72.5 Å². The van der Waals surface area contributed by atoms with E-state index in [2.05, 4.69) is 24.3 Å². The highest BCUT2D eigenvalue weighted by Crippen LogP contribution is 2.23. The number of hydrogen-bond donors (Lipinski definition) is 2. The van der Waals surface area contributed by atoms with Crippen LogP contribution in [0.15, 0.2) is 78.9 Å². The zero-order chi connectivity index (χ0) is 20.4. The van der Waals surface area contributed by atoms with E-state index in [1.807, 2.05) is 68.4 Å². The molecule has 0 bridgehead atoms. The van der Waals surface area contributed by atoms with Gasteiger partial charge in [0.25, 0.3) is 0 Å². The summed E-state index contributed by atoms with van der Waals surface area (Å²) >= 11 is 0. The van der Waals surface area contributed by atoms with Crippen LogP contribution in [0, 0.1) is 0 Å². The first kappa shape index (κ1) is 21.2. The molecule has 0 aliphatic carbocycles. The van der Waals surface area contributed by atoms with Gasteiger partial charge in [-0.3, -0.25) is 4.79 Å². The summed E-state index contributed by atoms with van der Waals surface area (Å²) in [5.74, 6) is 0.464. The van der Waals surface area contributed by atoms with E-state index in [1.54, 1.807) is 0 Å². The molecule has 0 aromatic heterocycles. The Hall–Kier alpha value is -3.11. The molecule has 3 aromatic rings. The number of hydrogen-bond acceptors (Lipinski definition) is 3. The van der Waals surface area contributed by atoms with Crippen molar-refractivity contribution in [3.05, 3.63) is 95.6 Å². The lowest BCUT2D eigenvalue weighted by atomic mass is 10.1. The Morgan fingerprint density at radius 1 is 0.821 bits per heavy atom. The summed E-state index contributed by atoms with van der Waals surface area (Å²) in [6, 6.07) is 24.8. The minimum absolute atomic E-state index is 0.295. The average Bonchev–Trinajstić information content (AvgIpc) is 2.73. The van der Waals surface area contributed by atoms with Crippen molar-refractivity contribution in [3.8, 4) is 11.5 Å². The van der Waals surface area contributed by atoms with Crippen molar-refractivity contribution in [2.45, 2.75) is 32.7 Å². The van der Waals surface area contributed by atoms with Crippen LogP contribution in [-0.2, 0) is 17.6 Å². The predicted molar refractivity (Wildman–Crippen MR) is 113 cm³/mol. The summed E-state index contributed by atoms with van der Waals surface area (Å²) in [5.41, 5.74) is 8.91. The lowest BCUT2D eigenvalue weighted by molar-refractivity contribution is -0.138. The molecular weight excluding hydrogens is 350 g/mol. The van der Waals surface area contributed by atoms with E-state index in [4.69, 9.17) is 15.6 Å². The fourth-order valence-corrected chi connectivity index (χ4v) is 2.68. The molecule has 4 heteroatoms. The molecule has 0 amide bonds. The summed E-state index contributed by atoms with van der Waals surface area (Å²) in [6.07, 6.45) is 1.18. The Morgan fingerprint density at radius 2 is 1.29 bits per heavy atom.